The van der Waals surface area contributed by atoms with E-state index in [1.165, 1.54) is 109 Å². The van der Waals surface area contributed by atoms with Gasteiger partial charge in [0.05, 0.1) is 27.8 Å². The Morgan fingerprint density at radius 3 is 1.27 bits per heavy atom. The van der Waals surface area contributed by atoms with Crippen LogP contribution in [0.15, 0.2) is 279 Å². The molecule has 0 saturated heterocycles. The third-order valence-electron chi connectivity index (χ3n) is 20.4. The number of fused-ring (bicyclic) bond motifs is 8. The normalized spacial score (nSPS) is 12.0. The number of benzene rings is 10. The van der Waals surface area contributed by atoms with Gasteiger partial charge >= 0.3 is 0 Å². The van der Waals surface area contributed by atoms with Crippen LogP contribution in [0.1, 0.15) is 228 Å². The smallest absolute Gasteiger partial charge is 0.0742 e. The predicted octanol–water partition coefficient (Wildman–Crippen LogP) is 30.3. The minimum absolute atomic E-state index is 0.112. The molecule has 1 N–H and O–H groups in total. The van der Waals surface area contributed by atoms with Crippen LogP contribution in [0.5, 0.6) is 0 Å². The van der Waals surface area contributed by atoms with Crippen molar-refractivity contribution >= 4 is 86.8 Å². The molecule has 0 bridgehead atoms. The lowest BCUT2D eigenvalue weighted by atomic mass is 9.83. The van der Waals surface area contributed by atoms with E-state index in [1.54, 1.807) is 0 Å². The molecule has 0 aliphatic rings. The van der Waals surface area contributed by atoms with E-state index in [0.29, 0.717) is 0 Å². The van der Waals surface area contributed by atoms with E-state index in [2.05, 4.69) is 446 Å². The van der Waals surface area contributed by atoms with Crippen molar-refractivity contribution in [2.75, 3.05) is 0 Å². The van der Waals surface area contributed by atoms with Crippen molar-refractivity contribution in [2.45, 2.75) is 230 Å². The van der Waals surface area contributed by atoms with E-state index in [1.807, 2.05) is 50.6 Å². The molecular weight excluding hydrogens is 1380 g/mol. The van der Waals surface area contributed by atoms with E-state index < -0.39 is 0 Å². The van der Waals surface area contributed by atoms with E-state index in [9.17, 15) is 0 Å². The molecule has 16 rings (SSSR count). The first-order valence-corrected chi connectivity index (χ1v) is 40.7. The standard InChI is InChI=1S/C15H18.2C14H17N.C14H16.3C13H15N.C12H15N/c1-11-9-12-7-5-6-8-13(12)14(10-11)15(2,3)4;1-10-5-6-11-9-12(14(2,3)4)7-8-13(11)15-10;1-10-8-9-11-6-5-7-12(13(11)15-10)14(2,3)4;1-14(2,3)13-10-6-8-11-7-4-5-9-12(11)13;1-13(2,3)11-8-4-6-10-7-5-9-14-12(10)11;1-13(2,3)12-11-7-5-4-6-10(11)8-9-14-12;1-13(2,3)12-9-8-10-6-4-5-7-11(10)14-12;1-12(2,3)10-4-5-11-9(8-10)6-7-13-11/h5-10H,1-4H3;2*5-9H,1-4H3;4-10H,1-3H3;3*4-9H,1-3H3;4-8,13H,1-3H3. The average Bonchev–Trinajstić information content (AvgIpc) is 0.925. The first kappa shape index (κ1) is 87.3. The zero-order valence-electron chi connectivity index (χ0n) is 73.8. The molecule has 0 aliphatic heterocycles. The third kappa shape index (κ3) is 23.7. The summed E-state index contributed by atoms with van der Waals surface area (Å²) < 4.78 is 0. The highest BCUT2D eigenvalue weighted by molar-refractivity contribution is 5.90. The van der Waals surface area contributed by atoms with E-state index in [-0.39, 0.29) is 43.3 Å². The minimum atomic E-state index is 0.112. The van der Waals surface area contributed by atoms with Gasteiger partial charge in [0.25, 0.3) is 0 Å². The van der Waals surface area contributed by atoms with Gasteiger partial charge in [-0.15, -0.1) is 0 Å². The summed E-state index contributed by atoms with van der Waals surface area (Å²) in [6.45, 7) is 59.7. The van der Waals surface area contributed by atoms with Crippen LogP contribution in [-0.4, -0.2) is 29.9 Å². The van der Waals surface area contributed by atoms with Gasteiger partial charge in [0.15, 0.2) is 0 Å². The van der Waals surface area contributed by atoms with Crippen LogP contribution >= 0.6 is 0 Å². The molecule has 0 fully saturated rings. The van der Waals surface area contributed by atoms with Crippen molar-refractivity contribution in [1.29, 1.82) is 0 Å². The molecule has 0 unspecified atom stereocenters. The topological polar surface area (TPSA) is 80.2 Å². The Bertz CT molecular complexity index is 5630. The fourth-order valence-electron chi connectivity index (χ4n) is 13.9. The number of aromatic nitrogens is 6. The predicted molar refractivity (Wildman–Crippen MR) is 499 cm³/mol. The highest BCUT2D eigenvalue weighted by Crippen LogP contribution is 2.36. The monoisotopic (exact) mass is 1510 g/mol. The van der Waals surface area contributed by atoms with Crippen LogP contribution in [0.2, 0.25) is 0 Å². The van der Waals surface area contributed by atoms with Crippen molar-refractivity contribution in [3.8, 4) is 0 Å². The summed E-state index contributed by atoms with van der Waals surface area (Å²) >= 11 is 0. The Morgan fingerprint density at radius 1 is 0.246 bits per heavy atom. The van der Waals surface area contributed by atoms with E-state index in [4.69, 9.17) is 0 Å². The van der Waals surface area contributed by atoms with Crippen LogP contribution in [0, 0.1) is 20.8 Å². The Kier molecular flexibility index (Phi) is 27.7. The van der Waals surface area contributed by atoms with Crippen molar-refractivity contribution in [1.82, 2.24) is 29.9 Å². The fourth-order valence-corrected chi connectivity index (χ4v) is 13.9. The Morgan fingerprint density at radius 2 is 0.693 bits per heavy atom. The minimum Gasteiger partial charge on any atom is -0.361 e. The van der Waals surface area contributed by atoms with Gasteiger partial charge in [-0.05, 0) is 186 Å². The second-order valence-electron chi connectivity index (χ2n) is 38.7. The quantitative estimate of drug-likeness (QED) is 0.164. The number of nitrogens with one attached hydrogen (secondary N) is 1. The van der Waals surface area contributed by atoms with Crippen LogP contribution in [0.4, 0.5) is 0 Å². The summed E-state index contributed by atoms with van der Waals surface area (Å²) in [4.78, 5) is 25.9. The Labute approximate surface area is 683 Å². The number of aromatic amines is 1. The molecule has 16 aromatic rings. The zero-order valence-corrected chi connectivity index (χ0v) is 73.8. The molecule has 0 atom stereocenters. The van der Waals surface area contributed by atoms with Gasteiger partial charge in [-0.1, -0.05) is 366 Å². The van der Waals surface area contributed by atoms with Crippen LogP contribution in [0.25, 0.3) is 86.8 Å². The third-order valence-corrected chi connectivity index (χ3v) is 20.4. The number of hydrogen-bond acceptors (Lipinski definition) is 5. The highest BCUT2D eigenvalue weighted by atomic mass is 14.7. The van der Waals surface area contributed by atoms with Crippen LogP contribution < -0.4 is 0 Å². The molecule has 0 aliphatic carbocycles. The SMILES string of the molecule is CC(C)(C)c1ccc2[nH]ccc2c1.CC(C)(C)c1ccc2ccccc2n1.CC(C)(C)c1cccc2ccccc12.CC(C)(C)c1cccc2cccnc12.CC(C)(C)c1nccc2ccccc12.Cc1cc(C(C)(C)C)c2ccccc2c1.Cc1ccc2cc(C(C)(C)C)ccc2n1.Cc1ccc2cccc(C(C)(C)C)c2n1. The molecule has 10 aromatic carbocycles. The molecule has 114 heavy (non-hydrogen) atoms. The molecule has 6 heteroatoms. The van der Waals surface area contributed by atoms with Crippen molar-refractivity contribution in [2.24, 2.45) is 0 Å². The van der Waals surface area contributed by atoms with Crippen LogP contribution in [0.3, 0.4) is 0 Å². The van der Waals surface area contributed by atoms with E-state index >= 15 is 0 Å². The van der Waals surface area contributed by atoms with Gasteiger partial charge in [-0.2, -0.15) is 0 Å². The summed E-state index contributed by atoms with van der Waals surface area (Å²) in [7, 11) is 0. The molecule has 6 heterocycles. The molecule has 6 nitrogen and oxygen atoms in total. The Balaban J connectivity index is 0.000000149. The second kappa shape index (κ2) is 36.2. The molecular formula is C108H128N6. The molecule has 6 aromatic heterocycles. The number of pyridine rings is 5. The summed E-state index contributed by atoms with van der Waals surface area (Å²) in [5.41, 5.74) is 21.2. The van der Waals surface area contributed by atoms with Crippen molar-refractivity contribution in [3.63, 3.8) is 0 Å². The number of nitrogens with zero attached hydrogens (tertiary/aromatic N) is 5. The van der Waals surface area contributed by atoms with Crippen molar-refractivity contribution < 1.29 is 0 Å². The number of para-hydroxylation sites is 3. The molecule has 0 amide bonds. The van der Waals surface area contributed by atoms with E-state index in [0.717, 1.165) is 39.1 Å². The number of hydrogen-bond donors (Lipinski definition) is 1. The molecule has 0 spiro atoms. The summed E-state index contributed by atoms with van der Waals surface area (Å²) in [6, 6.07) is 91.8. The maximum Gasteiger partial charge on any atom is 0.0742 e. The molecule has 590 valence electrons. The van der Waals surface area contributed by atoms with Gasteiger partial charge in [-0.3, -0.25) is 24.9 Å². The molecule has 0 saturated carbocycles. The first-order valence-electron chi connectivity index (χ1n) is 40.7. The van der Waals surface area contributed by atoms with Gasteiger partial charge in [0.1, 0.15) is 0 Å². The van der Waals surface area contributed by atoms with Gasteiger partial charge in [0.2, 0.25) is 0 Å². The highest BCUT2D eigenvalue weighted by Gasteiger charge is 2.23. The number of rotatable bonds is 0. The maximum atomic E-state index is 4.65. The largest absolute Gasteiger partial charge is 0.361 e. The maximum absolute atomic E-state index is 4.65. The lowest BCUT2D eigenvalue weighted by Gasteiger charge is -2.22. The van der Waals surface area contributed by atoms with Crippen molar-refractivity contribution in [3.05, 3.63) is 341 Å². The molecule has 0 radical (unpaired) electrons. The van der Waals surface area contributed by atoms with Gasteiger partial charge in [0, 0.05) is 79.0 Å². The summed E-state index contributed by atoms with van der Waals surface area (Å²) in [5.74, 6) is 0. The van der Waals surface area contributed by atoms with Crippen LogP contribution in [-0.2, 0) is 43.3 Å². The Hall–Kier alpha value is -10.7. The zero-order chi connectivity index (χ0) is 83.4. The summed E-state index contributed by atoms with van der Waals surface area (Å²) in [5, 5.41) is 14.2. The van der Waals surface area contributed by atoms with Gasteiger partial charge < -0.3 is 4.98 Å². The number of aryl methyl sites for hydroxylation is 3. The lowest BCUT2D eigenvalue weighted by Crippen LogP contribution is -2.13. The fraction of sp³-hybridized carbons (Fsp3) is 0.324. The lowest BCUT2D eigenvalue weighted by molar-refractivity contribution is 0.571. The second-order valence-corrected chi connectivity index (χ2v) is 38.7. The average molecular weight is 1510 g/mol. The van der Waals surface area contributed by atoms with Gasteiger partial charge in [-0.25, -0.2) is 0 Å². The summed E-state index contributed by atoms with van der Waals surface area (Å²) in [6.07, 6.45) is 5.73. The first-order chi connectivity index (χ1) is 53.3. The number of H-pyrrole nitrogens is 1.